The first-order valence-electron chi connectivity index (χ1n) is 5.06. The van der Waals surface area contributed by atoms with Gasteiger partial charge in [0.05, 0.1) is 0 Å². The van der Waals surface area contributed by atoms with Gasteiger partial charge in [-0.05, 0) is 31.3 Å². The van der Waals surface area contributed by atoms with E-state index in [1.54, 1.807) is 4.68 Å². The van der Waals surface area contributed by atoms with Crippen molar-refractivity contribution >= 4 is 34.4 Å². The minimum Gasteiger partial charge on any atom is -0.331 e. The molecule has 4 nitrogen and oxygen atoms in total. The lowest BCUT2D eigenvalue weighted by atomic mass is 10.3. The number of hydrogen-bond donors (Lipinski definition) is 1. The summed E-state index contributed by atoms with van der Waals surface area (Å²) in [5, 5.41) is 8.69. The SMILES string of the molecule is Cc1nn(C)c(=NC(=S)Nc2ccccc2)s1. The average Bonchev–Trinajstić information content (AvgIpc) is 2.58. The molecule has 0 bridgehead atoms. The van der Waals surface area contributed by atoms with Crippen molar-refractivity contribution in [3.8, 4) is 0 Å². The molecule has 1 aromatic carbocycles. The molecule has 0 aliphatic heterocycles. The number of anilines is 1. The maximum atomic E-state index is 5.17. The third kappa shape index (κ3) is 3.21. The smallest absolute Gasteiger partial charge is 0.210 e. The number of benzene rings is 1. The Morgan fingerprint density at radius 1 is 1.41 bits per heavy atom. The highest BCUT2D eigenvalue weighted by Gasteiger charge is 1.98. The molecule has 0 spiro atoms. The van der Waals surface area contributed by atoms with Crippen molar-refractivity contribution in [1.82, 2.24) is 9.78 Å². The van der Waals surface area contributed by atoms with Crippen LogP contribution in [-0.4, -0.2) is 14.9 Å². The van der Waals surface area contributed by atoms with Crippen LogP contribution in [0.5, 0.6) is 0 Å². The molecule has 88 valence electrons. The van der Waals surface area contributed by atoms with Gasteiger partial charge in [0.15, 0.2) is 5.11 Å². The van der Waals surface area contributed by atoms with E-state index in [9.17, 15) is 0 Å². The molecule has 1 N–H and O–H groups in total. The van der Waals surface area contributed by atoms with E-state index in [-0.39, 0.29) is 0 Å². The van der Waals surface area contributed by atoms with Crippen molar-refractivity contribution in [3.05, 3.63) is 40.1 Å². The van der Waals surface area contributed by atoms with Crippen molar-refractivity contribution in [2.75, 3.05) is 5.32 Å². The standard InChI is InChI=1S/C11H12N4S2/c1-8-14-15(2)11(17-8)13-10(16)12-9-6-4-3-5-7-9/h3-7H,1-2H3,(H,12,16). The Hall–Kier alpha value is -1.53. The molecule has 0 unspecified atom stereocenters. The third-order valence-corrected chi connectivity index (χ3v) is 3.14. The minimum absolute atomic E-state index is 0.440. The molecular weight excluding hydrogens is 252 g/mol. The number of aryl methyl sites for hydroxylation is 2. The Kier molecular flexibility index (Phi) is 3.65. The summed E-state index contributed by atoms with van der Waals surface area (Å²) in [6, 6.07) is 9.74. The van der Waals surface area contributed by atoms with Gasteiger partial charge >= 0.3 is 0 Å². The maximum Gasteiger partial charge on any atom is 0.210 e. The topological polar surface area (TPSA) is 42.2 Å². The molecule has 0 saturated carbocycles. The number of thiocarbonyl (C=S) groups is 1. The molecule has 17 heavy (non-hydrogen) atoms. The van der Waals surface area contributed by atoms with Crippen LogP contribution in [0.4, 0.5) is 5.69 Å². The Balaban J connectivity index is 2.18. The highest BCUT2D eigenvalue weighted by Crippen LogP contribution is 2.05. The van der Waals surface area contributed by atoms with Crippen LogP contribution < -0.4 is 10.1 Å². The molecule has 0 amide bonds. The summed E-state index contributed by atoms with van der Waals surface area (Å²) < 4.78 is 1.72. The predicted octanol–water partition coefficient (Wildman–Crippen LogP) is 2.09. The molecule has 0 aliphatic rings. The molecule has 0 saturated heterocycles. The maximum absolute atomic E-state index is 5.17. The van der Waals surface area contributed by atoms with Crippen molar-refractivity contribution in [1.29, 1.82) is 0 Å². The first-order valence-corrected chi connectivity index (χ1v) is 6.29. The Morgan fingerprint density at radius 3 is 2.71 bits per heavy atom. The van der Waals surface area contributed by atoms with Gasteiger partial charge in [0.1, 0.15) is 5.01 Å². The third-order valence-electron chi connectivity index (χ3n) is 2.03. The van der Waals surface area contributed by atoms with Gasteiger partial charge in [0.2, 0.25) is 4.80 Å². The second kappa shape index (κ2) is 5.20. The van der Waals surface area contributed by atoms with Gasteiger partial charge in [-0.2, -0.15) is 10.1 Å². The molecule has 1 aromatic heterocycles. The van der Waals surface area contributed by atoms with Crippen molar-refractivity contribution in [3.63, 3.8) is 0 Å². The van der Waals surface area contributed by atoms with Gasteiger partial charge < -0.3 is 5.32 Å². The summed E-state index contributed by atoms with van der Waals surface area (Å²) >= 11 is 6.69. The highest BCUT2D eigenvalue weighted by atomic mass is 32.1. The lowest BCUT2D eigenvalue weighted by Crippen LogP contribution is -2.17. The average molecular weight is 264 g/mol. The van der Waals surface area contributed by atoms with Gasteiger partial charge in [0, 0.05) is 12.7 Å². The molecule has 2 rings (SSSR count). The molecular formula is C11H12N4S2. The lowest BCUT2D eigenvalue weighted by molar-refractivity contribution is 0.722. The zero-order valence-corrected chi connectivity index (χ0v) is 11.2. The first kappa shape index (κ1) is 11.9. The predicted molar refractivity (Wildman–Crippen MR) is 74.0 cm³/mol. The van der Waals surface area contributed by atoms with Crippen LogP contribution in [0.15, 0.2) is 35.3 Å². The minimum atomic E-state index is 0.440. The number of rotatable bonds is 1. The van der Waals surface area contributed by atoms with Crippen LogP contribution in [0.3, 0.4) is 0 Å². The van der Waals surface area contributed by atoms with E-state index in [1.807, 2.05) is 44.3 Å². The van der Waals surface area contributed by atoms with Crippen LogP contribution in [0.1, 0.15) is 5.01 Å². The van der Waals surface area contributed by atoms with Gasteiger partial charge in [-0.1, -0.05) is 29.5 Å². The normalized spacial score (nSPS) is 11.5. The van der Waals surface area contributed by atoms with Crippen LogP contribution in [0.25, 0.3) is 0 Å². The summed E-state index contributed by atoms with van der Waals surface area (Å²) in [5.74, 6) is 0. The van der Waals surface area contributed by atoms with Crippen LogP contribution >= 0.6 is 23.6 Å². The van der Waals surface area contributed by atoms with Gasteiger partial charge in [-0.15, -0.1) is 0 Å². The summed E-state index contributed by atoms with van der Waals surface area (Å²) in [5.41, 5.74) is 0.935. The van der Waals surface area contributed by atoms with E-state index in [0.29, 0.717) is 5.11 Å². The van der Waals surface area contributed by atoms with E-state index in [0.717, 1.165) is 15.5 Å². The molecule has 2 aromatic rings. The quantitative estimate of drug-likeness (QED) is 0.802. The summed E-state index contributed by atoms with van der Waals surface area (Å²) in [4.78, 5) is 5.10. The fourth-order valence-electron chi connectivity index (χ4n) is 1.33. The van der Waals surface area contributed by atoms with Crippen LogP contribution in [0, 0.1) is 6.92 Å². The number of hydrogen-bond acceptors (Lipinski definition) is 3. The second-order valence-corrected chi connectivity index (χ2v) is 4.98. The second-order valence-electron chi connectivity index (χ2n) is 3.44. The van der Waals surface area contributed by atoms with E-state index in [1.165, 1.54) is 11.3 Å². The van der Waals surface area contributed by atoms with Crippen molar-refractivity contribution in [2.45, 2.75) is 6.92 Å². The monoisotopic (exact) mass is 264 g/mol. The Labute approximate surface area is 109 Å². The highest BCUT2D eigenvalue weighted by molar-refractivity contribution is 7.80. The fraction of sp³-hybridized carbons (Fsp3) is 0.182. The van der Waals surface area contributed by atoms with Crippen molar-refractivity contribution < 1.29 is 0 Å². The summed E-state index contributed by atoms with van der Waals surface area (Å²) in [6.45, 7) is 1.94. The van der Waals surface area contributed by atoms with Crippen molar-refractivity contribution in [2.24, 2.45) is 12.0 Å². The zero-order valence-electron chi connectivity index (χ0n) is 9.54. The van der Waals surface area contributed by atoms with E-state index in [4.69, 9.17) is 12.2 Å². The molecule has 0 fully saturated rings. The number of para-hydroxylation sites is 1. The lowest BCUT2D eigenvalue weighted by Gasteiger charge is -2.01. The molecule has 0 atom stereocenters. The first-order chi connectivity index (χ1) is 8.15. The van der Waals surface area contributed by atoms with Gasteiger partial charge in [0.25, 0.3) is 0 Å². The largest absolute Gasteiger partial charge is 0.331 e. The molecule has 0 radical (unpaired) electrons. The molecule has 0 aliphatic carbocycles. The van der Waals surface area contributed by atoms with Gasteiger partial charge in [-0.3, -0.25) is 0 Å². The van der Waals surface area contributed by atoms with Gasteiger partial charge in [-0.25, -0.2) is 4.68 Å². The van der Waals surface area contributed by atoms with Crippen LogP contribution in [0.2, 0.25) is 0 Å². The molecule has 1 heterocycles. The fourth-order valence-corrected chi connectivity index (χ4v) is 2.33. The number of nitrogens with one attached hydrogen (secondary N) is 1. The van der Waals surface area contributed by atoms with E-state index < -0.39 is 0 Å². The Bertz CT molecular complexity index is 583. The molecule has 6 heteroatoms. The summed E-state index contributed by atoms with van der Waals surface area (Å²) in [7, 11) is 1.85. The zero-order chi connectivity index (χ0) is 12.3. The Morgan fingerprint density at radius 2 is 2.12 bits per heavy atom. The summed E-state index contributed by atoms with van der Waals surface area (Å²) in [6.07, 6.45) is 0. The number of nitrogens with zero attached hydrogens (tertiary/aromatic N) is 3. The van der Waals surface area contributed by atoms with E-state index >= 15 is 0 Å². The number of aromatic nitrogens is 2. The van der Waals surface area contributed by atoms with Crippen LogP contribution in [-0.2, 0) is 7.05 Å². The van der Waals surface area contributed by atoms with E-state index in [2.05, 4.69) is 15.4 Å².